The van der Waals surface area contributed by atoms with Gasteiger partial charge in [-0.05, 0) is 62.6 Å². The molecule has 1 fully saturated rings. The van der Waals surface area contributed by atoms with E-state index in [0.717, 1.165) is 30.4 Å². The number of amides is 3. The van der Waals surface area contributed by atoms with E-state index in [0.29, 0.717) is 26.2 Å². The zero-order valence-electron chi connectivity index (χ0n) is 24.5. The fraction of sp³-hybridized carbons (Fsp3) is 0.531. The third kappa shape index (κ3) is 7.62. The summed E-state index contributed by atoms with van der Waals surface area (Å²) in [6.07, 6.45) is 2.24. The summed E-state index contributed by atoms with van der Waals surface area (Å²) in [7, 11) is 0. The third-order valence-corrected chi connectivity index (χ3v) is 7.59. The van der Waals surface area contributed by atoms with Crippen molar-refractivity contribution in [2.45, 2.75) is 84.2 Å². The molecule has 3 atom stereocenters. The Kier molecular flexibility index (Phi) is 9.51. The Balaban J connectivity index is 1.55. The van der Waals surface area contributed by atoms with Crippen LogP contribution in [0.4, 0.5) is 4.79 Å². The fourth-order valence-electron chi connectivity index (χ4n) is 5.61. The van der Waals surface area contributed by atoms with Crippen LogP contribution in [0.3, 0.4) is 0 Å². The highest BCUT2D eigenvalue weighted by Gasteiger charge is 2.40. The van der Waals surface area contributed by atoms with Crippen LogP contribution in [0.2, 0.25) is 0 Å². The first kappa shape index (κ1) is 29.6. The molecule has 0 spiro atoms. The summed E-state index contributed by atoms with van der Waals surface area (Å²) in [4.78, 5) is 44.4. The number of carbonyl (C=O) groups is 3. The van der Waals surface area contributed by atoms with Gasteiger partial charge in [-0.2, -0.15) is 0 Å². The Hall–Kier alpha value is -3.39. The topological polar surface area (TPSA) is 91.0 Å². The fourth-order valence-corrected chi connectivity index (χ4v) is 5.61. The van der Waals surface area contributed by atoms with Crippen LogP contribution in [-0.4, -0.2) is 65.0 Å². The number of nitrogens with zero attached hydrogens (tertiary/aromatic N) is 2. The standard InChI is InChI=1S/C32H44N4O4/c1-22(2)28(34-31(39)40-32(3,4)5)30(38)36-19-18-35(20-23-12-7-6-8-13-23)21-27(36)29(37)33-26-17-11-15-24-14-9-10-16-25(24)26/h6-10,12-14,16,22,26-28H,11,15,17-21H2,1-5H3,(H,33,37)(H,34,39)/t26?,27?,28-/m0/s1. The lowest BCUT2D eigenvalue weighted by molar-refractivity contribution is -0.147. The van der Waals surface area contributed by atoms with E-state index in [4.69, 9.17) is 4.74 Å². The lowest BCUT2D eigenvalue weighted by Crippen LogP contribution is -2.64. The number of ether oxygens (including phenoxy) is 1. The highest BCUT2D eigenvalue weighted by molar-refractivity contribution is 5.92. The number of nitrogens with one attached hydrogen (secondary N) is 2. The lowest BCUT2D eigenvalue weighted by atomic mass is 9.87. The molecule has 0 saturated carbocycles. The number of alkyl carbamates (subject to hydrolysis) is 1. The number of hydrogen-bond acceptors (Lipinski definition) is 5. The van der Waals surface area contributed by atoms with E-state index in [2.05, 4.69) is 39.8 Å². The van der Waals surface area contributed by atoms with Gasteiger partial charge in [-0.15, -0.1) is 0 Å². The predicted molar refractivity (Wildman–Crippen MR) is 155 cm³/mol. The van der Waals surface area contributed by atoms with Crippen LogP contribution in [0.15, 0.2) is 54.6 Å². The molecule has 2 aliphatic rings. The van der Waals surface area contributed by atoms with E-state index < -0.39 is 23.8 Å². The van der Waals surface area contributed by atoms with Crippen LogP contribution in [0, 0.1) is 5.92 Å². The maximum absolute atomic E-state index is 14.0. The molecule has 2 aromatic carbocycles. The van der Waals surface area contributed by atoms with Gasteiger partial charge in [0, 0.05) is 26.2 Å². The van der Waals surface area contributed by atoms with Crippen LogP contribution in [0.25, 0.3) is 0 Å². The summed E-state index contributed by atoms with van der Waals surface area (Å²) >= 11 is 0. The number of rotatable bonds is 7. The zero-order valence-corrected chi connectivity index (χ0v) is 24.5. The molecule has 1 heterocycles. The van der Waals surface area contributed by atoms with Gasteiger partial charge >= 0.3 is 6.09 Å². The van der Waals surface area contributed by atoms with Crippen molar-refractivity contribution >= 4 is 17.9 Å². The molecule has 3 amide bonds. The average Bonchev–Trinajstić information content (AvgIpc) is 2.91. The second-order valence-corrected chi connectivity index (χ2v) is 12.3. The molecule has 8 nitrogen and oxygen atoms in total. The predicted octanol–water partition coefficient (Wildman–Crippen LogP) is 4.44. The highest BCUT2D eigenvalue weighted by Crippen LogP contribution is 2.30. The Morgan fingerprint density at radius 1 is 1.00 bits per heavy atom. The second kappa shape index (κ2) is 12.9. The summed E-state index contributed by atoms with van der Waals surface area (Å²) in [6.45, 7) is 11.3. The number of benzene rings is 2. The molecule has 2 aromatic rings. The van der Waals surface area contributed by atoms with Gasteiger partial charge in [-0.25, -0.2) is 4.79 Å². The molecule has 40 heavy (non-hydrogen) atoms. The van der Waals surface area contributed by atoms with E-state index >= 15 is 0 Å². The minimum absolute atomic E-state index is 0.0836. The van der Waals surface area contributed by atoms with Gasteiger partial charge in [0.2, 0.25) is 11.8 Å². The number of aryl methyl sites for hydroxylation is 1. The molecular formula is C32H44N4O4. The molecule has 0 bridgehead atoms. The Morgan fingerprint density at radius 2 is 1.70 bits per heavy atom. The first-order valence-corrected chi connectivity index (χ1v) is 14.5. The van der Waals surface area contributed by atoms with E-state index in [-0.39, 0.29) is 23.8 Å². The van der Waals surface area contributed by atoms with E-state index in [9.17, 15) is 14.4 Å². The van der Waals surface area contributed by atoms with Gasteiger partial charge in [0.1, 0.15) is 17.7 Å². The van der Waals surface area contributed by atoms with Crippen LogP contribution < -0.4 is 10.6 Å². The van der Waals surface area contributed by atoms with E-state index in [1.165, 1.54) is 5.56 Å². The summed E-state index contributed by atoms with van der Waals surface area (Å²) < 4.78 is 5.44. The summed E-state index contributed by atoms with van der Waals surface area (Å²) in [5, 5.41) is 6.06. The summed E-state index contributed by atoms with van der Waals surface area (Å²) in [5.41, 5.74) is 2.90. The number of carbonyl (C=O) groups excluding carboxylic acids is 3. The van der Waals surface area contributed by atoms with Gasteiger partial charge in [-0.1, -0.05) is 68.4 Å². The van der Waals surface area contributed by atoms with Crippen molar-refractivity contribution in [1.29, 1.82) is 0 Å². The average molecular weight is 549 g/mol. The number of piperazine rings is 1. The first-order valence-electron chi connectivity index (χ1n) is 14.5. The number of fused-ring (bicyclic) bond motifs is 1. The van der Waals surface area contributed by atoms with Crippen molar-refractivity contribution in [2.24, 2.45) is 5.92 Å². The van der Waals surface area contributed by atoms with Crippen molar-refractivity contribution in [1.82, 2.24) is 20.4 Å². The third-order valence-electron chi connectivity index (χ3n) is 7.59. The minimum atomic E-state index is -0.804. The highest BCUT2D eigenvalue weighted by atomic mass is 16.6. The Labute approximate surface area is 238 Å². The van der Waals surface area contributed by atoms with Crippen LogP contribution in [0.5, 0.6) is 0 Å². The molecule has 4 rings (SSSR count). The second-order valence-electron chi connectivity index (χ2n) is 12.3. The van der Waals surface area contributed by atoms with Crippen LogP contribution in [0.1, 0.15) is 70.2 Å². The van der Waals surface area contributed by atoms with E-state index in [1.54, 1.807) is 25.7 Å². The van der Waals surface area contributed by atoms with Gasteiger partial charge in [0.25, 0.3) is 0 Å². The maximum Gasteiger partial charge on any atom is 0.408 e. The Bertz CT molecular complexity index is 1180. The monoisotopic (exact) mass is 548 g/mol. The van der Waals surface area contributed by atoms with Crippen LogP contribution >= 0.6 is 0 Å². The van der Waals surface area contributed by atoms with Gasteiger partial charge in [-0.3, -0.25) is 14.5 Å². The smallest absolute Gasteiger partial charge is 0.408 e. The molecule has 1 aliphatic heterocycles. The van der Waals surface area contributed by atoms with Crippen molar-refractivity contribution in [3.63, 3.8) is 0 Å². The minimum Gasteiger partial charge on any atom is -0.444 e. The summed E-state index contributed by atoms with van der Waals surface area (Å²) in [6, 6.07) is 16.9. The molecule has 0 radical (unpaired) electrons. The SMILES string of the molecule is CC(C)[C@H](NC(=O)OC(C)(C)C)C(=O)N1CCN(Cc2ccccc2)CC1C(=O)NC1CCCc2ccccc21. The zero-order chi connectivity index (χ0) is 28.9. The molecule has 216 valence electrons. The lowest BCUT2D eigenvalue weighted by Gasteiger charge is -2.43. The van der Waals surface area contributed by atoms with Crippen LogP contribution in [-0.2, 0) is 27.3 Å². The molecule has 8 heteroatoms. The number of hydrogen-bond donors (Lipinski definition) is 2. The van der Waals surface area contributed by atoms with E-state index in [1.807, 2.05) is 44.2 Å². The van der Waals surface area contributed by atoms with Crippen molar-refractivity contribution in [3.8, 4) is 0 Å². The molecular weight excluding hydrogens is 504 g/mol. The largest absolute Gasteiger partial charge is 0.444 e. The van der Waals surface area contributed by atoms with Crippen molar-refractivity contribution < 1.29 is 19.1 Å². The van der Waals surface area contributed by atoms with Crippen molar-refractivity contribution in [2.75, 3.05) is 19.6 Å². The van der Waals surface area contributed by atoms with Gasteiger partial charge in [0.15, 0.2) is 0 Å². The summed E-state index contributed by atoms with van der Waals surface area (Å²) in [5.74, 6) is -0.603. The normalized spacial score (nSPS) is 20.4. The molecule has 1 aliphatic carbocycles. The van der Waals surface area contributed by atoms with Gasteiger partial charge < -0.3 is 20.3 Å². The molecule has 2 unspecified atom stereocenters. The molecule has 0 aromatic heterocycles. The maximum atomic E-state index is 14.0. The molecule has 2 N–H and O–H groups in total. The Morgan fingerprint density at radius 3 is 2.40 bits per heavy atom. The molecule has 1 saturated heterocycles. The van der Waals surface area contributed by atoms with Gasteiger partial charge in [0.05, 0.1) is 6.04 Å². The van der Waals surface area contributed by atoms with Crippen molar-refractivity contribution in [3.05, 3.63) is 71.3 Å². The quantitative estimate of drug-likeness (QED) is 0.534. The first-order chi connectivity index (χ1) is 19.0.